The summed E-state index contributed by atoms with van der Waals surface area (Å²) in [5.41, 5.74) is 8.90. The van der Waals surface area contributed by atoms with Gasteiger partial charge in [0, 0.05) is 0 Å². The van der Waals surface area contributed by atoms with Gasteiger partial charge in [-0.2, -0.15) is 66.2 Å². The van der Waals surface area contributed by atoms with Crippen LogP contribution < -0.4 is 0 Å². The molecule has 0 radical (unpaired) electrons. The minimum absolute atomic E-state index is 0. The maximum absolute atomic E-state index is 3.82. The zero-order valence-electron chi connectivity index (χ0n) is 20.8. The Bertz CT molecular complexity index is 1020. The summed E-state index contributed by atoms with van der Waals surface area (Å²) >= 11 is 1.30. The van der Waals surface area contributed by atoms with Crippen molar-refractivity contribution in [3.8, 4) is 11.1 Å². The summed E-state index contributed by atoms with van der Waals surface area (Å²) in [5.74, 6) is 0.556. The summed E-state index contributed by atoms with van der Waals surface area (Å²) in [7, 11) is 0. The van der Waals surface area contributed by atoms with E-state index in [9.17, 15) is 0 Å². The van der Waals surface area contributed by atoms with Crippen LogP contribution in [0.25, 0.3) is 23.3 Å². The molecule has 35 heavy (non-hydrogen) atoms. The minimum Gasteiger partial charge on any atom is -0.358 e. The van der Waals surface area contributed by atoms with Crippen LogP contribution in [-0.2, 0) is 30.7 Å². The summed E-state index contributed by atoms with van der Waals surface area (Å²) in [6.07, 6.45) is 12.1. The second kappa shape index (κ2) is 19.2. The third kappa shape index (κ3) is 11.0. The molecule has 0 saturated heterocycles. The first-order chi connectivity index (χ1) is 15.6. The van der Waals surface area contributed by atoms with Crippen LogP contribution in [0, 0.1) is 31.6 Å². The van der Waals surface area contributed by atoms with E-state index in [4.69, 9.17) is 0 Å². The fourth-order valence-electron chi connectivity index (χ4n) is 3.46. The first kappa shape index (κ1) is 35.1. The van der Waals surface area contributed by atoms with Crippen LogP contribution in [-0.4, -0.2) is 4.21 Å². The van der Waals surface area contributed by atoms with Crippen LogP contribution in [0.2, 0.25) is 0 Å². The quantitative estimate of drug-likeness (QED) is 0.208. The SMILES string of the molecule is C=Cc1c[c-]c2c(c1)-c1cc(C=C)ccc1C2.CC1=CC(C)[C-]=C1.Cl.Cl.[CH2]=[Zr].[CH3-].[c-]1ccccc1. The third-order valence-corrected chi connectivity index (χ3v) is 5.01. The van der Waals surface area contributed by atoms with Gasteiger partial charge < -0.3 is 7.43 Å². The summed E-state index contributed by atoms with van der Waals surface area (Å²) in [6.45, 7) is 11.9. The van der Waals surface area contributed by atoms with Gasteiger partial charge in [-0.15, -0.1) is 55.5 Å². The first-order valence-electron chi connectivity index (χ1n) is 10.6. The van der Waals surface area contributed by atoms with Crippen molar-refractivity contribution in [3.63, 3.8) is 0 Å². The van der Waals surface area contributed by atoms with Crippen molar-refractivity contribution in [3.05, 3.63) is 139 Å². The molecule has 2 aliphatic carbocycles. The summed E-state index contributed by atoms with van der Waals surface area (Å²) in [6, 6.07) is 26.6. The summed E-state index contributed by atoms with van der Waals surface area (Å²) in [4.78, 5) is 0. The van der Waals surface area contributed by atoms with Crippen molar-refractivity contribution in [1.82, 2.24) is 0 Å². The molecule has 184 valence electrons. The summed E-state index contributed by atoms with van der Waals surface area (Å²) < 4.78 is 3.34. The number of hydrogen-bond acceptors (Lipinski definition) is 0. The second-order valence-electron chi connectivity index (χ2n) is 7.41. The van der Waals surface area contributed by atoms with E-state index in [1.807, 2.05) is 54.6 Å². The number of benzene rings is 3. The number of fused-ring (bicyclic) bond motifs is 3. The van der Waals surface area contributed by atoms with Crippen LogP contribution in [0.3, 0.4) is 0 Å². The Morgan fingerprint density at radius 2 is 1.57 bits per heavy atom. The van der Waals surface area contributed by atoms with Gasteiger partial charge in [-0.1, -0.05) is 54.8 Å². The molecule has 0 bridgehead atoms. The molecular weight excluding hydrogens is 546 g/mol. The van der Waals surface area contributed by atoms with E-state index in [0.29, 0.717) is 5.92 Å². The Hall–Kier alpha value is -2.05. The molecule has 1 unspecified atom stereocenters. The van der Waals surface area contributed by atoms with Crippen molar-refractivity contribution >= 4 is 41.2 Å². The van der Waals surface area contributed by atoms with Crippen LogP contribution in [0.1, 0.15) is 36.1 Å². The third-order valence-electron chi connectivity index (χ3n) is 5.01. The first-order valence-corrected chi connectivity index (χ1v) is 12.3. The predicted octanol–water partition coefficient (Wildman–Crippen LogP) is 9.03. The fourth-order valence-corrected chi connectivity index (χ4v) is 3.46. The summed E-state index contributed by atoms with van der Waals surface area (Å²) in [5, 5.41) is 0. The smallest absolute Gasteiger partial charge is 0.171 e. The van der Waals surface area contributed by atoms with E-state index in [-0.39, 0.29) is 32.2 Å². The van der Waals surface area contributed by atoms with Gasteiger partial charge in [-0.05, 0) is 12.0 Å². The maximum Gasteiger partial charge on any atom is -0.171 e. The molecule has 3 aromatic carbocycles. The zero-order chi connectivity index (χ0) is 23.3. The molecular formula is C32H34Cl2Zr-4. The molecule has 0 amide bonds. The Morgan fingerprint density at radius 3 is 2.00 bits per heavy atom. The van der Waals surface area contributed by atoms with Gasteiger partial charge in [0.2, 0.25) is 0 Å². The topological polar surface area (TPSA) is 0 Å². The van der Waals surface area contributed by atoms with Gasteiger partial charge in [0.25, 0.3) is 0 Å². The average Bonchev–Trinajstić information content (AvgIpc) is 3.42. The fraction of sp³-hybridized carbons (Fsp3) is 0.125. The van der Waals surface area contributed by atoms with Crippen molar-refractivity contribution in [2.75, 3.05) is 0 Å². The molecule has 3 aromatic rings. The average molecular weight is 581 g/mol. The van der Waals surface area contributed by atoms with Gasteiger partial charge in [-0.25, -0.2) is 11.6 Å². The predicted molar refractivity (Wildman–Crippen MR) is 158 cm³/mol. The van der Waals surface area contributed by atoms with E-state index in [1.54, 1.807) is 0 Å². The standard InChI is InChI=1S/C17H13.C7H9.C6H5.CH3.CH2.2ClH.Zr/c1-3-12-5-7-14-11-15-8-6-13(4-2)10-17(15)16(14)9-12;1-6-3-4-7(2)5-6;1-2-4-6-5-3-1;;;;;/h3-7,9-10H,1-2,11H2;3,5,7H,1-2H3;1-5H;1H3;1H2;2*1H;/q4*-1;;;;. The van der Waals surface area contributed by atoms with Crippen molar-refractivity contribution in [1.29, 1.82) is 0 Å². The second-order valence-corrected chi connectivity index (χ2v) is 7.41. The van der Waals surface area contributed by atoms with Crippen molar-refractivity contribution < 1.29 is 24.2 Å². The Labute approximate surface area is 240 Å². The van der Waals surface area contributed by atoms with E-state index in [1.165, 1.54) is 57.6 Å². The van der Waals surface area contributed by atoms with Gasteiger partial charge >= 0.3 is 28.4 Å². The monoisotopic (exact) mass is 578 g/mol. The number of rotatable bonds is 2. The Morgan fingerprint density at radius 1 is 0.943 bits per heavy atom. The molecule has 0 nitrogen and oxygen atoms in total. The zero-order valence-corrected chi connectivity index (χ0v) is 24.9. The number of allylic oxidation sites excluding steroid dienone is 4. The Balaban J connectivity index is 0. The molecule has 0 aliphatic heterocycles. The minimum atomic E-state index is 0. The molecule has 0 heterocycles. The maximum atomic E-state index is 3.82. The van der Waals surface area contributed by atoms with Gasteiger partial charge in [0.1, 0.15) is 0 Å². The normalized spacial score (nSPS) is 12.8. The molecule has 0 spiro atoms. The molecule has 1 atom stereocenters. The van der Waals surface area contributed by atoms with Gasteiger partial charge in [0.05, 0.1) is 0 Å². The largest absolute Gasteiger partial charge is 0.358 e. The van der Waals surface area contributed by atoms with Gasteiger partial charge in [0.15, 0.2) is 0 Å². The van der Waals surface area contributed by atoms with E-state index in [2.05, 4.69) is 79.8 Å². The molecule has 0 aromatic heterocycles. The van der Waals surface area contributed by atoms with E-state index < -0.39 is 0 Å². The molecule has 0 saturated carbocycles. The molecule has 3 heteroatoms. The Kier molecular flexibility index (Phi) is 19.2. The number of halogens is 2. The van der Waals surface area contributed by atoms with E-state index >= 15 is 0 Å². The molecule has 0 N–H and O–H groups in total. The van der Waals surface area contributed by atoms with Gasteiger partial charge in [-0.3, -0.25) is 6.08 Å². The number of hydrogen-bond donors (Lipinski definition) is 0. The van der Waals surface area contributed by atoms with Crippen LogP contribution in [0.5, 0.6) is 0 Å². The van der Waals surface area contributed by atoms with Crippen LogP contribution in [0.15, 0.2) is 91.5 Å². The van der Waals surface area contributed by atoms with E-state index in [0.717, 1.165) is 12.0 Å². The van der Waals surface area contributed by atoms with Crippen LogP contribution >= 0.6 is 24.8 Å². The molecule has 0 fully saturated rings. The van der Waals surface area contributed by atoms with Crippen molar-refractivity contribution in [2.24, 2.45) is 5.92 Å². The molecule has 2 aliphatic rings. The molecule has 5 rings (SSSR count). The van der Waals surface area contributed by atoms with Crippen molar-refractivity contribution in [2.45, 2.75) is 20.3 Å². The van der Waals surface area contributed by atoms with Crippen LogP contribution in [0.4, 0.5) is 0 Å².